The normalized spacial score (nSPS) is 10.9. The quantitative estimate of drug-likeness (QED) is 0.684. The van der Waals surface area contributed by atoms with Crippen molar-refractivity contribution in [3.8, 4) is 11.3 Å². The largest absolute Gasteiger partial charge is 0.478 e. The van der Waals surface area contributed by atoms with Crippen LogP contribution < -0.4 is 0 Å². The van der Waals surface area contributed by atoms with Gasteiger partial charge in [-0.2, -0.15) is 0 Å². The Bertz CT molecular complexity index is 922. The first-order valence-electron chi connectivity index (χ1n) is 7.12. The molecule has 0 unspecified atom stereocenters. The third-order valence-corrected chi connectivity index (χ3v) is 4.47. The van der Waals surface area contributed by atoms with Crippen LogP contribution in [0.4, 0.5) is 0 Å². The molecule has 1 aromatic heterocycles. The first kappa shape index (κ1) is 15.8. The highest BCUT2D eigenvalue weighted by Crippen LogP contribution is 2.30. The lowest BCUT2D eigenvalue weighted by Crippen LogP contribution is -2.01. The van der Waals surface area contributed by atoms with Crippen LogP contribution in [0.3, 0.4) is 0 Å². The fourth-order valence-corrected chi connectivity index (χ4v) is 2.77. The van der Waals surface area contributed by atoms with E-state index in [1.807, 2.05) is 25.1 Å². The number of fused-ring (bicyclic) bond motifs is 1. The van der Waals surface area contributed by atoms with E-state index in [4.69, 9.17) is 23.2 Å². The topological polar surface area (TPSA) is 50.2 Å². The molecule has 23 heavy (non-hydrogen) atoms. The molecular weight excluding hydrogens is 333 g/mol. The number of benzene rings is 2. The van der Waals surface area contributed by atoms with Crippen molar-refractivity contribution in [2.75, 3.05) is 0 Å². The lowest BCUT2D eigenvalue weighted by Gasteiger charge is -2.09. The monoisotopic (exact) mass is 345 g/mol. The summed E-state index contributed by atoms with van der Waals surface area (Å²) in [7, 11) is 0. The molecule has 0 radical (unpaired) electrons. The molecule has 1 heterocycles. The van der Waals surface area contributed by atoms with Gasteiger partial charge in [0.05, 0.1) is 26.8 Å². The maximum atomic E-state index is 11.6. The maximum Gasteiger partial charge on any atom is 0.336 e. The van der Waals surface area contributed by atoms with Gasteiger partial charge in [0.15, 0.2) is 0 Å². The second-order valence-electron chi connectivity index (χ2n) is 5.19. The Hall–Kier alpha value is -2.10. The van der Waals surface area contributed by atoms with E-state index in [1.54, 1.807) is 24.3 Å². The van der Waals surface area contributed by atoms with Gasteiger partial charge in [-0.05, 0) is 42.3 Å². The van der Waals surface area contributed by atoms with Crippen LogP contribution in [0.5, 0.6) is 0 Å². The summed E-state index contributed by atoms with van der Waals surface area (Å²) >= 11 is 12.0. The molecular formula is C18H13Cl2NO2. The van der Waals surface area contributed by atoms with E-state index in [2.05, 4.69) is 4.98 Å². The zero-order chi connectivity index (χ0) is 16.6. The molecule has 3 rings (SSSR count). The summed E-state index contributed by atoms with van der Waals surface area (Å²) in [5, 5.41) is 11.0. The van der Waals surface area contributed by atoms with Crippen LogP contribution in [0.2, 0.25) is 10.0 Å². The second-order valence-corrected chi connectivity index (χ2v) is 6.01. The van der Waals surface area contributed by atoms with Crippen molar-refractivity contribution in [3.63, 3.8) is 0 Å². The zero-order valence-electron chi connectivity index (χ0n) is 12.3. The van der Waals surface area contributed by atoms with Crippen LogP contribution in [0.1, 0.15) is 22.8 Å². The van der Waals surface area contributed by atoms with E-state index in [1.165, 1.54) is 0 Å². The van der Waals surface area contributed by atoms with Gasteiger partial charge in [-0.25, -0.2) is 9.78 Å². The lowest BCUT2D eigenvalue weighted by atomic mass is 10.0. The number of halogens is 2. The zero-order valence-corrected chi connectivity index (χ0v) is 13.8. The average Bonchev–Trinajstić information content (AvgIpc) is 2.55. The minimum atomic E-state index is -0.980. The summed E-state index contributed by atoms with van der Waals surface area (Å²) in [6, 6.07) is 12.4. The SMILES string of the molecule is CCc1ccc2nc(-c3ccc(Cl)c(Cl)c3)cc(C(=O)O)c2c1. The minimum absolute atomic E-state index is 0.228. The predicted molar refractivity (Wildman–Crippen MR) is 93.5 cm³/mol. The number of aryl methyl sites for hydroxylation is 1. The van der Waals surface area contributed by atoms with Gasteiger partial charge in [0.25, 0.3) is 0 Å². The molecule has 3 nitrogen and oxygen atoms in total. The number of aromatic nitrogens is 1. The Kier molecular flexibility index (Phi) is 4.24. The van der Waals surface area contributed by atoms with Crippen LogP contribution in [0.15, 0.2) is 42.5 Å². The van der Waals surface area contributed by atoms with Crippen LogP contribution in [-0.4, -0.2) is 16.1 Å². The number of carboxylic acids is 1. The average molecular weight is 346 g/mol. The number of carboxylic acid groups (broad SMARTS) is 1. The molecule has 1 N–H and O–H groups in total. The van der Waals surface area contributed by atoms with E-state index >= 15 is 0 Å². The summed E-state index contributed by atoms with van der Waals surface area (Å²) in [4.78, 5) is 16.2. The number of nitrogens with zero attached hydrogens (tertiary/aromatic N) is 1. The number of carbonyl (C=O) groups is 1. The van der Waals surface area contributed by atoms with Gasteiger partial charge in [-0.1, -0.05) is 42.3 Å². The van der Waals surface area contributed by atoms with Crippen molar-refractivity contribution in [1.29, 1.82) is 0 Å². The summed E-state index contributed by atoms with van der Waals surface area (Å²) < 4.78 is 0. The smallest absolute Gasteiger partial charge is 0.336 e. The molecule has 0 spiro atoms. The third kappa shape index (κ3) is 3.03. The molecule has 0 aliphatic heterocycles. The van der Waals surface area contributed by atoms with Crippen LogP contribution >= 0.6 is 23.2 Å². The van der Waals surface area contributed by atoms with E-state index in [-0.39, 0.29) is 5.56 Å². The van der Waals surface area contributed by atoms with Gasteiger partial charge in [0, 0.05) is 10.9 Å². The second kappa shape index (κ2) is 6.19. The molecule has 5 heteroatoms. The Morgan fingerprint density at radius 3 is 2.52 bits per heavy atom. The number of aromatic carboxylic acids is 1. The van der Waals surface area contributed by atoms with Crippen LogP contribution in [0.25, 0.3) is 22.2 Å². The summed E-state index contributed by atoms with van der Waals surface area (Å²) in [5.41, 5.74) is 3.22. The molecule has 0 saturated carbocycles. The first-order valence-corrected chi connectivity index (χ1v) is 7.87. The summed E-state index contributed by atoms with van der Waals surface area (Å²) in [6.07, 6.45) is 0.837. The van der Waals surface area contributed by atoms with Crippen molar-refractivity contribution in [2.24, 2.45) is 0 Å². The lowest BCUT2D eigenvalue weighted by molar-refractivity contribution is 0.0699. The Morgan fingerprint density at radius 1 is 1.09 bits per heavy atom. The predicted octanol–water partition coefficient (Wildman–Crippen LogP) is 5.47. The van der Waals surface area contributed by atoms with Gasteiger partial charge in [0.2, 0.25) is 0 Å². The molecule has 0 fully saturated rings. The van der Waals surface area contributed by atoms with Gasteiger partial charge in [-0.15, -0.1) is 0 Å². The molecule has 0 saturated heterocycles. The van der Waals surface area contributed by atoms with Crippen molar-refractivity contribution in [3.05, 3.63) is 63.6 Å². The van der Waals surface area contributed by atoms with Crippen molar-refractivity contribution < 1.29 is 9.90 Å². The molecule has 0 bridgehead atoms. The maximum absolute atomic E-state index is 11.6. The molecule has 3 aromatic rings. The fraction of sp³-hybridized carbons (Fsp3) is 0.111. The van der Waals surface area contributed by atoms with Gasteiger partial charge >= 0.3 is 5.97 Å². The Labute approximate surface area is 143 Å². The van der Waals surface area contributed by atoms with Gasteiger partial charge < -0.3 is 5.11 Å². The van der Waals surface area contributed by atoms with E-state index in [9.17, 15) is 9.90 Å². The van der Waals surface area contributed by atoms with Crippen molar-refractivity contribution in [2.45, 2.75) is 13.3 Å². The van der Waals surface area contributed by atoms with Crippen LogP contribution in [-0.2, 0) is 6.42 Å². The number of rotatable bonds is 3. The molecule has 116 valence electrons. The first-order chi connectivity index (χ1) is 11.0. The summed E-state index contributed by atoms with van der Waals surface area (Å²) in [5.74, 6) is -0.980. The van der Waals surface area contributed by atoms with Crippen molar-refractivity contribution in [1.82, 2.24) is 4.98 Å². The molecule has 2 aromatic carbocycles. The molecule has 0 amide bonds. The highest BCUT2D eigenvalue weighted by atomic mass is 35.5. The van der Waals surface area contributed by atoms with E-state index in [0.29, 0.717) is 26.6 Å². The van der Waals surface area contributed by atoms with Crippen molar-refractivity contribution >= 4 is 40.1 Å². The van der Waals surface area contributed by atoms with Crippen LogP contribution in [0, 0.1) is 0 Å². The summed E-state index contributed by atoms with van der Waals surface area (Å²) in [6.45, 7) is 2.03. The Balaban J connectivity index is 2.26. The number of pyridine rings is 1. The van der Waals surface area contributed by atoms with Gasteiger partial charge in [0.1, 0.15) is 0 Å². The highest BCUT2D eigenvalue weighted by molar-refractivity contribution is 6.42. The molecule has 0 aliphatic carbocycles. The molecule has 0 aliphatic rings. The number of hydrogen-bond acceptors (Lipinski definition) is 2. The third-order valence-electron chi connectivity index (χ3n) is 3.73. The highest BCUT2D eigenvalue weighted by Gasteiger charge is 2.14. The standard InChI is InChI=1S/C18H13Cl2NO2/c1-2-10-3-6-16-12(7-10)13(18(22)23)9-17(21-16)11-4-5-14(19)15(20)8-11/h3-9H,2H2,1H3,(H,22,23). The minimum Gasteiger partial charge on any atom is -0.478 e. The fourth-order valence-electron chi connectivity index (χ4n) is 2.47. The van der Waals surface area contributed by atoms with E-state index < -0.39 is 5.97 Å². The van der Waals surface area contributed by atoms with E-state index in [0.717, 1.165) is 17.5 Å². The number of hydrogen-bond donors (Lipinski definition) is 1. The Morgan fingerprint density at radius 2 is 1.87 bits per heavy atom. The molecule has 0 atom stereocenters. The van der Waals surface area contributed by atoms with Gasteiger partial charge in [-0.3, -0.25) is 0 Å².